The van der Waals surface area contributed by atoms with Gasteiger partial charge in [-0.05, 0) is 25.3 Å². The first-order valence-corrected chi connectivity index (χ1v) is 6.04. The molecule has 1 fully saturated rings. The molecule has 1 aromatic rings. The molecule has 0 spiro atoms. The summed E-state index contributed by atoms with van der Waals surface area (Å²) in [6.45, 7) is 0. The van der Waals surface area contributed by atoms with Gasteiger partial charge in [-0.3, -0.25) is 0 Å². The van der Waals surface area contributed by atoms with Crippen LogP contribution in [0.25, 0.3) is 0 Å². The lowest BCUT2D eigenvalue weighted by atomic mass is 9.78. The first-order valence-electron chi connectivity index (χ1n) is 5.66. The van der Waals surface area contributed by atoms with E-state index < -0.39 is 5.60 Å². The maximum Gasteiger partial charge on any atom is 0.0935 e. The standard InChI is InChI=1S/C13H17ClO2/c1-16-10-5-4-8-13(15,9-10)11-6-2-3-7-12(11)14/h2-3,6-7,10,15H,4-5,8-9H2,1H3. The molecule has 0 aromatic heterocycles. The van der Waals surface area contributed by atoms with Crippen molar-refractivity contribution in [2.24, 2.45) is 0 Å². The van der Waals surface area contributed by atoms with E-state index in [0.717, 1.165) is 24.8 Å². The monoisotopic (exact) mass is 240 g/mol. The third-order valence-electron chi connectivity index (χ3n) is 3.39. The lowest BCUT2D eigenvalue weighted by Gasteiger charge is -2.37. The number of halogens is 1. The molecule has 16 heavy (non-hydrogen) atoms. The van der Waals surface area contributed by atoms with Gasteiger partial charge in [-0.15, -0.1) is 0 Å². The van der Waals surface area contributed by atoms with Crippen LogP contribution in [0.5, 0.6) is 0 Å². The van der Waals surface area contributed by atoms with Crippen LogP contribution in [-0.4, -0.2) is 18.3 Å². The summed E-state index contributed by atoms with van der Waals surface area (Å²) in [6, 6.07) is 7.52. The number of hydrogen-bond acceptors (Lipinski definition) is 2. The van der Waals surface area contributed by atoms with E-state index in [-0.39, 0.29) is 6.10 Å². The van der Waals surface area contributed by atoms with Crippen LogP contribution in [0, 0.1) is 0 Å². The number of benzene rings is 1. The molecule has 3 heteroatoms. The Balaban J connectivity index is 2.27. The molecule has 0 bridgehead atoms. The van der Waals surface area contributed by atoms with Gasteiger partial charge in [0.05, 0.1) is 11.7 Å². The largest absolute Gasteiger partial charge is 0.385 e. The predicted molar refractivity (Wildman–Crippen MR) is 64.6 cm³/mol. The van der Waals surface area contributed by atoms with Gasteiger partial charge in [0.1, 0.15) is 0 Å². The summed E-state index contributed by atoms with van der Waals surface area (Å²) in [4.78, 5) is 0. The van der Waals surface area contributed by atoms with E-state index in [4.69, 9.17) is 16.3 Å². The van der Waals surface area contributed by atoms with Crippen molar-refractivity contribution >= 4 is 11.6 Å². The van der Waals surface area contributed by atoms with E-state index in [1.54, 1.807) is 7.11 Å². The molecule has 2 nitrogen and oxygen atoms in total. The third kappa shape index (κ3) is 2.24. The lowest BCUT2D eigenvalue weighted by Crippen LogP contribution is -2.36. The fraction of sp³-hybridized carbons (Fsp3) is 0.538. The molecular weight excluding hydrogens is 224 g/mol. The number of methoxy groups -OCH3 is 1. The summed E-state index contributed by atoms with van der Waals surface area (Å²) in [5.74, 6) is 0. The van der Waals surface area contributed by atoms with Gasteiger partial charge < -0.3 is 9.84 Å². The van der Waals surface area contributed by atoms with Crippen molar-refractivity contribution in [2.75, 3.05) is 7.11 Å². The van der Waals surface area contributed by atoms with E-state index in [1.165, 1.54) is 0 Å². The molecule has 1 N–H and O–H groups in total. The normalized spacial score (nSPS) is 30.3. The molecule has 2 atom stereocenters. The van der Waals surface area contributed by atoms with Gasteiger partial charge in [0.2, 0.25) is 0 Å². The van der Waals surface area contributed by atoms with Crippen LogP contribution in [0.3, 0.4) is 0 Å². The summed E-state index contributed by atoms with van der Waals surface area (Å²) >= 11 is 6.14. The van der Waals surface area contributed by atoms with E-state index in [9.17, 15) is 5.11 Å². The summed E-state index contributed by atoms with van der Waals surface area (Å²) in [6.07, 6.45) is 3.52. The zero-order valence-electron chi connectivity index (χ0n) is 9.45. The van der Waals surface area contributed by atoms with Gasteiger partial charge in [-0.2, -0.15) is 0 Å². The summed E-state index contributed by atoms with van der Waals surface area (Å²) in [7, 11) is 1.70. The van der Waals surface area contributed by atoms with Crippen molar-refractivity contribution in [1.82, 2.24) is 0 Å². The second-order valence-corrected chi connectivity index (χ2v) is 4.87. The number of hydrogen-bond donors (Lipinski definition) is 1. The molecule has 1 aromatic carbocycles. The van der Waals surface area contributed by atoms with Crippen LogP contribution < -0.4 is 0 Å². The molecule has 2 rings (SSSR count). The quantitative estimate of drug-likeness (QED) is 0.861. The Labute approximate surface area is 101 Å². The molecule has 1 saturated carbocycles. The van der Waals surface area contributed by atoms with Crippen molar-refractivity contribution in [3.63, 3.8) is 0 Å². The fourth-order valence-corrected chi connectivity index (χ4v) is 2.80. The second-order valence-electron chi connectivity index (χ2n) is 4.47. The molecule has 2 unspecified atom stereocenters. The highest BCUT2D eigenvalue weighted by atomic mass is 35.5. The van der Waals surface area contributed by atoms with Crippen molar-refractivity contribution in [3.05, 3.63) is 34.9 Å². The van der Waals surface area contributed by atoms with E-state index in [2.05, 4.69) is 0 Å². The molecule has 1 aliphatic rings. The molecular formula is C13H17ClO2. The summed E-state index contributed by atoms with van der Waals surface area (Å²) < 4.78 is 5.34. The average molecular weight is 241 g/mol. The van der Waals surface area contributed by atoms with Crippen LogP contribution in [-0.2, 0) is 10.3 Å². The number of ether oxygens (including phenoxy) is 1. The molecule has 1 aliphatic carbocycles. The van der Waals surface area contributed by atoms with E-state index in [1.807, 2.05) is 24.3 Å². The van der Waals surface area contributed by atoms with Crippen molar-refractivity contribution in [1.29, 1.82) is 0 Å². The van der Waals surface area contributed by atoms with Crippen LogP contribution in [0.4, 0.5) is 0 Å². The minimum atomic E-state index is -0.822. The van der Waals surface area contributed by atoms with Crippen LogP contribution in [0.15, 0.2) is 24.3 Å². The third-order valence-corrected chi connectivity index (χ3v) is 3.72. The Morgan fingerprint density at radius 3 is 2.88 bits per heavy atom. The van der Waals surface area contributed by atoms with E-state index >= 15 is 0 Å². The molecule has 88 valence electrons. The number of rotatable bonds is 2. The Hall–Kier alpha value is -0.570. The molecule has 0 heterocycles. The smallest absolute Gasteiger partial charge is 0.0935 e. The van der Waals surface area contributed by atoms with Crippen molar-refractivity contribution in [3.8, 4) is 0 Å². The van der Waals surface area contributed by atoms with Gasteiger partial charge in [0.25, 0.3) is 0 Å². The van der Waals surface area contributed by atoms with Gasteiger partial charge in [-0.1, -0.05) is 29.8 Å². The highest BCUT2D eigenvalue weighted by Crippen LogP contribution is 2.40. The maximum atomic E-state index is 10.7. The van der Waals surface area contributed by atoms with Gasteiger partial charge >= 0.3 is 0 Å². The average Bonchev–Trinajstić information content (AvgIpc) is 2.29. The van der Waals surface area contributed by atoms with Crippen LogP contribution >= 0.6 is 11.6 Å². The molecule has 0 saturated heterocycles. The zero-order valence-corrected chi connectivity index (χ0v) is 10.2. The predicted octanol–water partition coefficient (Wildman–Crippen LogP) is 3.12. The fourth-order valence-electron chi connectivity index (χ4n) is 2.49. The lowest BCUT2D eigenvalue weighted by molar-refractivity contribution is -0.0631. The first kappa shape index (κ1) is 11.9. The number of aliphatic hydroxyl groups is 1. The highest BCUT2D eigenvalue weighted by molar-refractivity contribution is 6.31. The summed E-state index contributed by atoms with van der Waals surface area (Å²) in [5.41, 5.74) is 0.00971. The SMILES string of the molecule is COC1CCCC(O)(c2ccccc2Cl)C1. The zero-order chi connectivity index (χ0) is 11.6. The Kier molecular flexibility index (Phi) is 3.53. The Bertz CT molecular complexity index is 367. The van der Waals surface area contributed by atoms with Crippen LogP contribution in [0.1, 0.15) is 31.2 Å². The minimum absolute atomic E-state index is 0.134. The molecule has 0 radical (unpaired) electrons. The maximum absolute atomic E-state index is 10.7. The van der Waals surface area contributed by atoms with Gasteiger partial charge in [0.15, 0.2) is 0 Å². The topological polar surface area (TPSA) is 29.5 Å². The van der Waals surface area contributed by atoms with Crippen LogP contribution in [0.2, 0.25) is 5.02 Å². The molecule has 0 amide bonds. The Morgan fingerprint density at radius 2 is 2.19 bits per heavy atom. The Morgan fingerprint density at radius 1 is 1.44 bits per heavy atom. The van der Waals surface area contributed by atoms with Gasteiger partial charge in [-0.25, -0.2) is 0 Å². The minimum Gasteiger partial charge on any atom is -0.385 e. The van der Waals surface area contributed by atoms with Crippen molar-refractivity contribution < 1.29 is 9.84 Å². The van der Waals surface area contributed by atoms with E-state index in [0.29, 0.717) is 11.4 Å². The van der Waals surface area contributed by atoms with Gasteiger partial charge in [0, 0.05) is 24.1 Å². The second kappa shape index (κ2) is 4.74. The molecule has 0 aliphatic heterocycles. The highest BCUT2D eigenvalue weighted by Gasteiger charge is 2.37. The van der Waals surface area contributed by atoms with Crippen molar-refractivity contribution in [2.45, 2.75) is 37.4 Å². The summed E-state index contributed by atoms with van der Waals surface area (Å²) in [5, 5.41) is 11.3. The first-order chi connectivity index (χ1) is 7.65.